The van der Waals surface area contributed by atoms with E-state index in [0.29, 0.717) is 0 Å². The van der Waals surface area contributed by atoms with E-state index in [1.165, 1.54) is 0 Å². The molecule has 0 aliphatic heterocycles. The average Bonchev–Trinajstić information content (AvgIpc) is 2.04. The van der Waals surface area contributed by atoms with Gasteiger partial charge in [-0.05, 0) is 13.3 Å². The first-order chi connectivity index (χ1) is 5.33. The molecule has 1 heterocycles. The first-order valence-electron chi connectivity index (χ1n) is 3.74. The number of hydrogen-bond donors (Lipinski definition) is 0. The molecule has 0 fully saturated rings. The largest absolute Gasteiger partial charge is 0.490 e. The molecule has 3 nitrogen and oxygen atoms in total. The molecule has 1 rings (SSSR count). The topological polar surface area (TPSA) is 35.0 Å². The van der Waals surface area contributed by atoms with Gasteiger partial charge in [0.2, 0.25) is 0 Å². The van der Waals surface area contributed by atoms with E-state index in [1.54, 1.807) is 12.4 Å². The zero-order valence-corrected chi connectivity index (χ0v) is 6.87. The molecule has 0 unspecified atom stereocenters. The van der Waals surface area contributed by atoms with Gasteiger partial charge in [0.05, 0.1) is 19.0 Å². The van der Waals surface area contributed by atoms with Crippen LogP contribution >= 0.6 is 0 Å². The maximum absolute atomic E-state index is 5.29. The van der Waals surface area contributed by atoms with Crippen LogP contribution in [-0.4, -0.2) is 16.6 Å². The smallest absolute Gasteiger partial charge is 0.155 e. The molecule has 0 saturated carbocycles. The molecule has 0 aliphatic rings. The Balaban J connectivity index is 2.52. The molecule has 0 aromatic carbocycles. The van der Waals surface area contributed by atoms with Crippen molar-refractivity contribution in [3.8, 4) is 5.75 Å². The Labute approximate surface area is 66.4 Å². The van der Waals surface area contributed by atoms with E-state index in [0.717, 1.165) is 24.6 Å². The van der Waals surface area contributed by atoms with Crippen molar-refractivity contribution in [2.24, 2.45) is 0 Å². The highest BCUT2D eigenvalue weighted by molar-refractivity contribution is 5.11. The molecule has 0 amide bonds. The fourth-order valence-corrected chi connectivity index (χ4v) is 0.675. The maximum Gasteiger partial charge on any atom is 0.155 e. The summed E-state index contributed by atoms with van der Waals surface area (Å²) in [4.78, 5) is 7.99. The summed E-state index contributed by atoms with van der Waals surface area (Å²) in [6.07, 6.45) is 4.39. The lowest BCUT2D eigenvalue weighted by Crippen LogP contribution is -1.96. The first-order valence-corrected chi connectivity index (χ1v) is 3.74. The van der Waals surface area contributed by atoms with Crippen LogP contribution in [-0.2, 0) is 0 Å². The van der Waals surface area contributed by atoms with Gasteiger partial charge in [0.1, 0.15) is 5.82 Å². The minimum atomic E-state index is 0.729. The Morgan fingerprint density at radius 1 is 1.36 bits per heavy atom. The Morgan fingerprint density at radius 3 is 2.55 bits per heavy atom. The van der Waals surface area contributed by atoms with Crippen molar-refractivity contribution in [1.82, 2.24) is 9.97 Å². The van der Waals surface area contributed by atoms with E-state index in [9.17, 15) is 0 Å². The summed E-state index contributed by atoms with van der Waals surface area (Å²) in [6, 6.07) is 0. The number of aryl methyl sites for hydroxylation is 1. The van der Waals surface area contributed by atoms with Crippen molar-refractivity contribution in [3.05, 3.63) is 18.2 Å². The van der Waals surface area contributed by atoms with E-state index >= 15 is 0 Å². The highest BCUT2D eigenvalue weighted by atomic mass is 16.5. The SMILES string of the molecule is CCCOc1cnc(C)nc1. The third-order valence-electron chi connectivity index (χ3n) is 1.23. The molecule has 11 heavy (non-hydrogen) atoms. The standard InChI is InChI=1S/C8H12N2O/c1-3-4-11-8-5-9-7(2)10-6-8/h5-6H,3-4H2,1-2H3. The molecule has 0 saturated heterocycles. The molecular weight excluding hydrogens is 140 g/mol. The summed E-state index contributed by atoms with van der Waals surface area (Å²) >= 11 is 0. The predicted molar refractivity (Wildman–Crippen MR) is 42.6 cm³/mol. The molecule has 1 aromatic rings. The zero-order chi connectivity index (χ0) is 8.10. The number of nitrogens with zero attached hydrogens (tertiary/aromatic N) is 2. The lowest BCUT2D eigenvalue weighted by molar-refractivity contribution is 0.314. The predicted octanol–water partition coefficient (Wildman–Crippen LogP) is 1.57. The van der Waals surface area contributed by atoms with Crippen molar-refractivity contribution in [2.45, 2.75) is 20.3 Å². The zero-order valence-electron chi connectivity index (χ0n) is 6.87. The molecule has 0 spiro atoms. The average molecular weight is 152 g/mol. The normalized spacial score (nSPS) is 9.64. The third-order valence-corrected chi connectivity index (χ3v) is 1.23. The molecule has 0 radical (unpaired) electrons. The Hall–Kier alpha value is -1.12. The van der Waals surface area contributed by atoms with Crippen LogP contribution in [0.4, 0.5) is 0 Å². The van der Waals surface area contributed by atoms with E-state index in [-0.39, 0.29) is 0 Å². The fourth-order valence-electron chi connectivity index (χ4n) is 0.675. The van der Waals surface area contributed by atoms with Crippen LogP contribution in [0.15, 0.2) is 12.4 Å². The Morgan fingerprint density at radius 2 is 2.00 bits per heavy atom. The Kier molecular flexibility index (Phi) is 2.83. The van der Waals surface area contributed by atoms with Crippen molar-refractivity contribution in [1.29, 1.82) is 0 Å². The lowest BCUT2D eigenvalue weighted by Gasteiger charge is -2.01. The summed E-state index contributed by atoms with van der Waals surface area (Å²) in [5.74, 6) is 1.52. The van der Waals surface area contributed by atoms with Crippen molar-refractivity contribution in [3.63, 3.8) is 0 Å². The highest BCUT2D eigenvalue weighted by Gasteiger charge is 1.92. The van der Waals surface area contributed by atoms with Crippen LogP contribution < -0.4 is 4.74 Å². The molecule has 0 bridgehead atoms. The first kappa shape index (κ1) is 7.98. The van der Waals surface area contributed by atoms with Gasteiger partial charge in [-0.25, -0.2) is 9.97 Å². The van der Waals surface area contributed by atoms with Crippen molar-refractivity contribution in [2.75, 3.05) is 6.61 Å². The number of hydrogen-bond acceptors (Lipinski definition) is 3. The van der Waals surface area contributed by atoms with Gasteiger partial charge in [-0.3, -0.25) is 0 Å². The van der Waals surface area contributed by atoms with Crippen LogP contribution in [0.5, 0.6) is 5.75 Å². The monoisotopic (exact) mass is 152 g/mol. The number of rotatable bonds is 3. The Bertz CT molecular complexity index is 208. The molecule has 60 valence electrons. The fraction of sp³-hybridized carbons (Fsp3) is 0.500. The maximum atomic E-state index is 5.29. The summed E-state index contributed by atoms with van der Waals surface area (Å²) in [5, 5.41) is 0. The second-order valence-corrected chi connectivity index (χ2v) is 2.31. The molecule has 1 aromatic heterocycles. The third kappa shape index (κ3) is 2.53. The molecule has 0 N–H and O–H groups in total. The van der Waals surface area contributed by atoms with Crippen LogP contribution in [0, 0.1) is 6.92 Å². The second-order valence-electron chi connectivity index (χ2n) is 2.31. The van der Waals surface area contributed by atoms with Gasteiger partial charge in [-0.2, -0.15) is 0 Å². The second kappa shape index (κ2) is 3.91. The minimum Gasteiger partial charge on any atom is -0.490 e. The van der Waals surface area contributed by atoms with E-state index in [1.807, 2.05) is 6.92 Å². The van der Waals surface area contributed by atoms with E-state index < -0.39 is 0 Å². The van der Waals surface area contributed by atoms with Gasteiger partial charge in [0.15, 0.2) is 5.75 Å². The van der Waals surface area contributed by atoms with Crippen molar-refractivity contribution >= 4 is 0 Å². The van der Waals surface area contributed by atoms with Crippen LogP contribution in [0.3, 0.4) is 0 Å². The van der Waals surface area contributed by atoms with Gasteiger partial charge in [0, 0.05) is 0 Å². The van der Waals surface area contributed by atoms with Crippen LogP contribution in [0.25, 0.3) is 0 Å². The lowest BCUT2D eigenvalue weighted by atomic mass is 10.5. The number of ether oxygens (including phenoxy) is 1. The summed E-state index contributed by atoms with van der Waals surface area (Å²) in [5.41, 5.74) is 0. The molecular formula is C8H12N2O. The number of aromatic nitrogens is 2. The van der Waals surface area contributed by atoms with E-state index in [2.05, 4.69) is 16.9 Å². The van der Waals surface area contributed by atoms with Gasteiger partial charge in [-0.1, -0.05) is 6.92 Å². The van der Waals surface area contributed by atoms with Crippen molar-refractivity contribution < 1.29 is 4.74 Å². The highest BCUT2D eigenvalue weighted by Crippen LogP contribution is 2.05. The summed E-state index contributed by atoms with van der Waals surface area (Å²) < 4.78 is 5.29. The quantitative estimate of drug-likeness (QED) is 0.659. The van der Waals surface area contributed by atoms with Gasteiger partial charge < -0.3 is 4.74 Å². The van der Waals surface area contributed by atoms with Gasteiger partial charge in [-0.15, -0.1) is 0 Å². The van der Waals surface area contributed by atoms with Crippen LogP contribution in [0.2, 0.25) is 0 Å². The summed E-state index contributed by atoms with van der Waals surface area (Å²) in [7, 11) is 0. The molecule has 0 atom stereocenters. The molecule has 3 heteroatoms. The summed E-state index contributed by atoms with van der Waals surface area (Å²) in [6.45, 7) is 4.64. The van der Waals surface area contributed by atoms with Crippen LogP contribution in [0.1, 0.15) is 19.2 Å². The molecule has 0 aliphatic carbocycles. The van der Waals surface area contributed by atoms with Gasteiger partial charge >= 0.3 is 0 Å². The van der Waals surface area contributed by atoms with Gasteiger partial charge in [0.25, 0.3) is 0 Å². The van der Waals surface area contributed by atoms with E-state index in [4.69, 9.17) is 4.74 Å². The minimum absolute atomic E-state index is 0.729.